The molecule has 1 amide bonds. The van der Waals surface area contributed by atoms with Crippen molar-refractivity contribution in [3.63, 3.8) is 0 Å². The Kier molecular flexibility index (Phi) is 5.38. The van der Waals surface area contributed by atoms with Crippen LogP contribution in [0.15, 0.2) is 12.1 Å². The van der Waals surface area contributed by atoms with Gasteiger partial charge in [0.25, 0.3) is 5.91 Å². The number of hydrogen-bond acceptors (Lipinski definition) is 4. The summed E-state index contributed by atoms with van der Waals surface area (Å²) in [5.74, 6) is -0.266. The number of halogens is 1. The SMILES string of the molecule is O=C(NNC(=S)NC[C@@H]1CCCO1)c1ccc(Cl)s1. The number of carbonyl (C=O) groups excluding carboxylic acids is 1. The van der Waals surface area contributed by atoms with Gasteiger partial charge in [-0.3, -0.25) is 15.6 Å². The number of rotatable bonds is 3. The molecule has 1 fully saturated rings. The standard InChI is InChI=1S/C11H14ClN3O2S2/c12-9-4-3-8(19-9)10(16)14-15-11(18)13-6-7-2-1-5-17-7/h3-4,7H,1-2,5-6H2,(H,14,16)(H2,13,15,18)/t7-/m0/s1. The molecule has 1 aliphatic rings. The summed E-state index contributed by atoms with van der Waals surface area (Å²) in [4.78, 5) is 12.2. The topological polar surface area (TPSA) is 62.4 Å². The maximum Gasteiger partial charge on any atom is 0.279 e. The first kappa shape index (κ1) is 14.5. The predicted molar refractivity (Wildman–Crippen MR) is 79.5 cm³/mol. The van der Waals surface area contributed by atoms with Crippen LogP contribution >= 0.6 is 35.2 Å². The third kappa shape index (κ3) is 4.61. The molecule has 1 aromatic heterocycles. The molecule has 2 heterocycles. The first-order valence-corrected chi connectivity index (χ1v) is 7.46. The molecule has 0 aromatic carbocycles. The van der Waals surface area contributed by atoms with E-state index in [1.807, 2.05) is 0 Å². The first-order valence-electron chi connectivity index (χ1n) is 5.86. The van der Waals surface area contributed by atoms with E-state index in [2.05, 4.69) is 16.2 Å². The molecule has 0 spiro atoms. The lowest BCUT2D eigenvalue weighted by molar-refractivity contribution is 0.0947. The van der Waals surface area contributed by atoms with Gasteiger partial charge in [-0.15, -0.1) is 11.3 Å². The lowest BCUT2D eigenvalue weighted by Crippen LogP contribution is -2.48. The summed E-state index contributed by atoms with van der Waals surface area (Å²) in [6.07, 6.45) is 2.32. The molecule has 0 bridgehead atoms. The van der Waals surface area contributed by atoms with Crippen molar-refractivity contribution in [2.75, 3.05) is 13.2 Å². The summed E-state index contributed by atoms with van der Waals surface area (Å²) >= 11 is 12.0. The fourth-order valence-electron chi connectivity index (χ4n) is 1.67. The second kappa shape index (κ2) is 7.04. The third-order valence-electron chi connectivity index (χ3n) is 2.60. The summed E-state index contributed by atoms with van der Waals surface area (Å²) in [5.41, 5.74) is 5.15. The molecule has 19 heavy (non-hydrogen) atoms. The van der Waals surface area contributed by atoms with Crippen LogP contribution in [0.2, 0.25) is 4.34 Å². The Balaban J connectivity index is 1.66. The highest BCUT2D eigenvalue weighted by atomic mass is 35.5. The molecule has 0 radical (unpaired) electrons. The second-order valence-corrected chi connectivity index (χ2v) is 6.15. The van der Waals surface area contributed by atoms with Crippen LogP contribution in [0.4, 0.5) is 0 Å². The highest BCUT2D eigenvalue weighted by Crippen LogP contribution is 2.20. The zero-order valence-electron chi connectivity index (χ0n) is 10.1. The van der Waals surface area contributed by atoms with Gasteiger partial charge in [-0.05, 0) is 37.2 Å². The normalized spacial score (nSPS) is 18.1. The number of thiophene rings is 1. The van der Waals surface area contributed by atoms with E-state index >= 15 is 0 Å². The van der Waals surface area contributed by atoms with Crippen LogP contribution in [0.25, 0.3) is 0 Å². The lowest BCUT2D eigenvalue weighted by Gasteiger charge is -2.14. The van der Waals surface area contributed by atoms with Crippen molar-refractivity contribution in [2.24, 2.45) is 0 Å². The van der Waals surface area contributed by atoms with Gasteiger partial charge < -0.3 is 10.1 Å². The molecular formula is C11H14ClN3O2S2. The molecule has 104 valence electrons. The van der Waals surface area contributed by atoms with Gasteiger partial charge in [0.05, 0.1) is 15.3 Å². The van der Waals surface area contributed by atoms with E-state index in [4.69, 9.17) is 28.6 Å². The Hall–Kier alpha value is -0.890. The monoisotopic (exact) mass is 319 g/mol. The summed E-state index contributed by atoms with van der Waals surface area (Å²) in [7, 11) is 0. The fourth-order valence-corrected chi connectivity index (χ4v) is 2.74. The van der Waals surface area contributed by atoms with Crippen LogP contribution in [0.3, 0.4) is 0 Å². The number of thiocarbonyl (C=S) groups is 1. The van der Waals surface area contributed by atoms with Crippen LogP contribution in [-0.4, -0.2) is 30.3 Å². The smallest absolute Gasteiger partial charge is 0.279 e. The summed E-state index contributed by atoms with van der Waals surface area (Å²) in [6, 6.07) is 3.34. The molecule has 8 heteroatoms. The molecule has 2 rings (SSSR count). The number of ether oxygens (including phenoxy) is 1. The number of hydrazine groups is 1. The Bertz CT molecular complexity index is 461. The fraction of sp³-hybridized carbons (Fsp3) is 0.455. The van der Waals surface area contributed by atoms with Crippen molar-refractivity contribution in [2.45, 2.75) is 18.9 Å². The molecule has 1 aromatic rings. The number of nitrogens with one attached hydrogen (secondary N) is 3. The molecule has 0 aliphatic carbocycles. The predicted octanol–water partition coefficient (Wildman–Crippen LogP) is 1.69. The van der Waals surface area contributed by atoms with Gasteiger partial charge in [-0.25, -0.2) is 0 Å². The van der Waals surface area contributed by atoms with E-state index < -0.39 is 0 Å². The average Bonchev–Trinajstić information content (AvgIpc) is 3.04. The molecule has 5 nitrogen and oxygen atoms in total. The highest BCUT2D eigenvalue weighted by molar-refractivity contribution is 7.80. The van der Waals surface area contributed by atoms with Crippen LogP contribution < -0.4 is 16.2 Å². The molecule has 0 saturated carbocycles. The molecule has 3 N–H and O–H groups in total. The van der Waals surface area contributed by atoms with Crippen molar-refractivity contribution in [1.82, 2.24) is 16.2 Å². The Morgan fingerprint density at radius 3 is 3.00 bits per heavy atom. The van der Waals surface area contributed by atoms with Crippen LogP contribution in [0, 0.1) is 0 Å². The van der Waals surface area contributed by atoms with Gasteiger partial charge in [0.2, 0.25) is 0 Å². The minimum Gasteiger partial charge on any atom is -0.376 e. The Morgan fingerprint density at radius 1 is 1.53 bits per heavy atom. The average molecular weight is 320 g/mol. The number of hydrogen-bond donors (Lipinski definition) is 3. The van der Waals surface area contributed by atoms with E-state index in [0.29, 0.717) is 20.9 Å². The van der Waals surface area contributed by atoms with Gasteiger partial charge in [-0.1, -0.05) is 11.6 Å². The summed E-state index contributed by atoms with van der Waals surface area (Å²) < 4.78 is 6.02. The minimum absolute atomic E-state index is 0.201. The second-order valence-electron chi connectivity index (χ2n) is 4.03. The molecule has 1 aliphatic heterocycles. The maximum absolute atomic E-state index is 11.7. The maximum atomic E-state index is 11.7. The molecule has 1 atom stereocenters. The van der Waals surface area contributed by atoms with Crippen LogP contribution in [-0.2, 0) is 4.74 Å². The van der Waals surface area contributed by atoms with E-state index in [1.165, 1.54) is 11.3 Å². The van der Waals surface area contributed by atoms with Gasteiger partial charge in [-0.2, -0.15) is 0 Å². The van der Waals surface area contributed by atoms with Crippen molar-refractivity contribution >= 4 is 46.2 Å². The zero-order valence-corrected chi connectivity index (χ0v) is 12.5. The summed E-state index contributed by atoms with van der Waals surface area (Å²) in [6.45, 7) is 1.45. The number of carbonyl (C=O) groups is 1. The molecule has 1 saturated heterocycles. The number of amides is 1. The summed E-state index contributed by atoms with van der Waals surface area (Å²) in [5, 5.41) is 3.36. The lowest BCUT2D eigenvalue weighted by atomic mass is 10.2. The van der Waals surface area contributed by atoms with Crippen molar-refractivity contribution in [1.29, 1.82) is 0 Å². The molecular weight excluding hydrogens is 306 g/mol. The van der Waals surface area contributed by atoms with E-state index in [1.54, 1.807) is 12.1 Å². The van der Waals surface area contributed by atoms with Gasteiger partial charge in [0.15, 0.2) is 5.11 Å². The quantitative estimate of drug-likeness (QED) is 0.584. The van der Waals surface area contributed by atoms with E-state index in [9.17, 15) is 4.79 Å². The van der Waals surface area contributed by atoms with Crippen LogP contribution in [0.5, 0.6) is 0 Å². The zero-order chi connectivity index (χ0) is 13.7. The van der Waals surface area contributed by atoms with Crippen LogP contribution in [0.1, 0.15) is 22.5 Å². The Morgan fingerprint density at radius 2 is 2.37 bits per heavy atom. The van der Waals surface area contributed by atoms with Crippen molar-refractivity contribution < 1.29 is 9.53 Å². The Labute approximate surface area is 125 Å². The first-order chi connectivity index (χ1) is 9.15. The third-order valence-corrected chi connectivity index (χ3v) is 4.08. The highest BCUT2D eigenvalue weighted by Gasteiger charge is 2.15. The van der Waals surface area contributed by atoms with Gasteiger partial charge in [0.1, 0.15) is 0 Å². The van der Waals surface area contributed by atoms with Gasteiger partial charge >= 0.3 is 0 Å². The van der Waals surface area contributed by atoms with Crippen molar-refractivity contribution in [3.8, 4) is 0 Å². The van der Waals surface area contributed by atoms with Gasteiger partial charge in [0, 0.05) is 13.2 Å². The minimum atomic E-state index is -0.266. The largest absolute Gasteiger partial charge is 0.376 e. The van der Waals surface area contributed by atoms with Crippen molar-refractivity contribution in [3.05, 3.63) is 21.3 Å². The van der Waals surface area contributed by atoms with E-state index in [-0.39, 0.29) is 12.0 Å². The molecule has 0 unspecified atom stereocenters. The van der Waals surface area contributed by atoms with E-state index in [0.717, 1.165) is 19.4 Å².